The van der Waals surface area contributed by atoms with Crippen molar-refractivity contribution in [3.8, 4) is 11.5 Å². The fraction of sp³-hybridized carbons (Fsp3) is 0.200. The summed E-state index contributed by atoms with van der Waals surface area (Å²) in [4.78, 5) is 35.0. The lowest BCUT2D eigenvalue weighted by molar-refractivity contribution is -0.116. The highest BCUT2D eigenvalue weighted by atomic mass is 35.5. The summed E-state index contributed by atoms with van der Waals surface area (Å²) >= 11 is 6.85. The number of ether oxygens (including phenoxy) is 1. The van der Waals surface area contributed by atoms with Crippen LogP contribution in [0.5, 0.6) is 11.5 Å². The lowest BCUT2D eigenvalue weighted by Crippen LogP contribution is -2.22. The molecule has 1 amide bonds. The lowest BCUT2D eigenvalue weighted by Gasteiger charge is -2.22. The van der Waals surface area contributed by atoms with E-state index in [2.05, 4.69) is 9.97 Å². The van der Waals surface area contributed by atoms with Crippen LogP contribution in [0.4, 0.5) is 10.2 Å². The van der Waals surface area contributed by atoms with E-state index in [1.807, 2.05) is 0 Å². The van der Waals surface area contributed by atoms with Crippen molar-refractivity contribution in [2.45, 2.75) is 26.8 Å². The fourth-order valence-corrected chi connectivity index (χ4v) is 4.37. The summed E-state index contributed by atoms with van der Waals surface area (Å²) in [5.74, 6) is 0.176. The number of aliphatic hydroxyl groups excluding tert-OH is 1. The van der Waals surface area contributed by atoms with Crippen LogP contribution in [0, 0.1) is 12.7 Å². The molecule has 11 heteroatoms. The van der Waals surface area contributed by atoms with Gasteiger partial charge < -0.3 is 20.5 Å². The monoisotopic (exact) mass is 530 g/mol. The molecule has 36 heavy (non-hydrogen) atoms. The molecule has 0 saturated carbocycles. The third-order valence-corrected chi connectivity index (χ3v) is 6.56. The Morgan fingerprint density at radius 2 is 1.97 bits per heavy atom. The summed E-state index contributed by atoms with van der Waals surface area (Å²) in [5, 5.41) is 9.24. The first-order valence-electron chi connectivity index (χ1n) is 10.8. The van der Waals surface area contributed by atoms with Gasteiger partial charge in [0.25, 0.3) is 0 Å². The molecule has 3 rings (SSSR count). The first-order valence-corrected chi connectivity index (χ1v) is 12.0. The number of thioether (sulfide) groups is 1. The number of aliphatic hydroxyl groups is 1. The minimum Gasteiger partial charge on any atom is -0.455 e. The number of hydrogen-bond acceptors (Lipinski definition) is 8. The molecule has 0 saturated heterocycles. The van der Waals surface area contributed by atoms with E-state index >= 15 is 0 Å². The van der Waals surface area contributed by atoms with E-state index in [1.54, 1.807) is 38.1 Å². The number of carbonyl (C=O) groups is 2. The number of benzene rings is 2. The van der Waals surface area contributed by atoms with E-state index in [4.69, 9.17) is 22.1 Å². The van der Waals surface area contributed by atoms with E-state index in [0.717, 1.165) is 6.07 Å². The molecule has 2 aromatic carbocycles. The Morgan fingerprint density at radius 1 is 1.25 bits per heavy atom. The highest BCUT2D eigenvalue weighted by Crippen LogP contribution is 2.36. The topological polar surface area (TPSA) is 119 Å². The second-order valence-electron chi connectivity index (χ2n) is 7.58. The van der Waals surface area contributed by atoms with Crippen LogP contribution in [0.15, 0.2) is 59.3 Å². The zero-order valence-corrected chi connectivity index (χ0v) is 21.1. The van der Waals surface area contributed by atoms with Gasteiger partial charge in [0.2, 0.25) is 11.5 Å². The van der Waals surface area contributed by atoms with Crippen LogP contribution in [-0.2, 0) is 11.3 Å². The third-order valence-electron chi connectivity index (χ3n) is 5.11. The highest BCUT2D eigenvalue weighted by Gasteiger charge is 2.23. The number of allylic oxidation sites excluding steroid dienone is 1. The van der Waals surface area contributed by atoms with Crippen molar-refractivity contribution in [3.05, 3.63) is 87.1 Å². The smallest absolute Gasteiger partial charge is 0.230 e. The minimum absolute atomic E-state index is 0.0153. The van der Waals surface area contributed by atoms with Gasteiger partial charge in [0, 0.05) is 35.4 Å². The van der Waals surface area contributed by atoms with Gasteiger partial charge in [-0.1, -0.05) is 29.8 Å². The predicted octanol–water partition coefficient (Wildman–Crippen LogP) is 5.10. The Balaban J connectivity index is 1.92. The second-order valence-corrected chi connectivity index (χ2v) is 9.05. The van der Waals surface area contributed by atoms with E-state index in [9.17, 15) is 19.1 Å². The summed E-state index contributed by atoms with van der Waals surface area (Å²) in [5.41, 5.74) is 6.56. The Bertz CT molecular complexity index is 1300. The van der Waals surface area contributed by atoms with Crippen LogP contribution in [-0.4, -0.2) is 38.1 Å². The molecule has 0 unspecified atom stereocenters. The second kappa shape index (κ2) is 12.5. The van der Waals surface area contributed by atoms with Crippen molar-refractivity contribution < 1.29 is 23.8 Å². The number of rotatable bonds is 10. The molecule has 0 radical (unpaired) electrons. The zero-order chi connectivity index (χ0) is 26.2. The summed E-state index contributed by atoms with van der Waals surface area (Å²) < 4.78 is 20.6. The van der Waals surface area contributed by atoms with Crippen LogP contribution in [0.3, 0.4) is 0 Å². The molecule has 1 aromatic heterocycles. The highest BCUT2D eigenvalue weighted by molar-refractivity contribution is 8.17. The van der Waals surface area contributed by atoms with Crippen molar-refractivity contribution in [2.24, 2.45) is 0 Å². The zero-order valence-electron chi connectivity index (χ0n) is 19.6. The fourth-order valence-electron chi connectivity index (χ4n) is 3.22. The van der Waals surface area contributed by atoms with Crippen molar-refractivity contribution in [2.75, 3.05) is 12.3 Å². The van der Waals surface area contributed by atoms with Crippen molar-refractivity contribution in [1.82, 2.24) is 14.9 Å². The molecular weight excluding hydrogens is 507 g/mol. The quantitative estimate of drug-likeness (QED) is 0.348. The molecule has 188 valence electrons. The van der Waals surface area contributed by atoms with Gasteiger partial charge in [0.15, 0.2) is 0 Å². The van der Waals surface area contributed by atoms with Crippen LogP contribution >= 0.6 is 23.4 Å². The van der Waals surface area contributed by atoms with Crippen molar-refractivity contribution >= 4 is 40.7 Å². The van der Waals surface area contributed by atoms with Gasteiger partial charge in [-0.25, -0.2) is 14.4 Å². The molecule has 0 aliphatic carbocycles. The molecule has 3 aromatic rings. The van der Waals surface area contributed by atoms with Gasteiger partial charge in [-0.15, -0.1) is 0 Å². The number of anilines is 1. The number of nitrogen functional groups attached to an aromatic ring is 1. The number of carbonyl (C=O) groups excluding carboxylic acids is 2. The summed E-state index contributed by atoms with van der Waals surface area (Å²) in [6, 6.07) is 10.6. The van der Waals surface area contributed by atoms with Crippen LogP contribution in [0.2, 0.25) is 5.02 Å². The van der Waals surface area contributed by atoms with Crippen molar-refractivity contribution in [3.63, 3.8) is 0 Å². The van der Waals surface area contributed by atoms with Gasteiger partial charge in [-0.05, 0) is 49.9 Å². The van der Waals surface area contributed by atoms with Crippen LogP contribution < -0.4 is 10.5 Å². The number of hydrogen-bond donors (Lipinski definition) is 2. The van der Waals surface area contributed by atoms with Gasteiger partial charge in [0.1, 0.15) is 34.5 Å². The Morgan fingerprint density at radius 3 is 2.64 bits per heavy atom. The molecule has 1 heterocycles. The molecule has 0 spiro atoms. The molecule has 0 atom stereocenters. The first-order chi connectivity index (χ1) is 17.2. The SMILES string of the molecule is C/C(=C(\CCO)SC(=O)c1c(F)cccc1Oc1ccccc1Cl)N(C=O)Cc1cnc(C)nc1N. The number of aryl methyl sites for hydroxylation is 1. The maximum atomic E-state index is 14.8. The average Bonchev–Trinajstić information content (AvgIpc) is 2.84. The molecule has 0 aliphatic heterocycles. The molecule has 0 fully saturated rings. The maximum Gasteiger partial charge on any atom is 0.230 e. The predicted molar refractivity (Wildman–Crippen MR) is 137 cm³/mol. The van der Waals surface area contributed by atoms with Gasteiger partial charge in [0.05, 0.1) is 11.6 Å². The normalized spacial score (nSPS) is 11.6. The van der Waals surface area contributed by atoms with Crippen LogP contribution in [0.25, 0.3) is 0 Å². The number of nitrogens with zero attached hydrogens (tertiary/aromatic N) is 3. The Labute approximate surface area is 217 Å². The number of aromatic nitrogens is 2. The molecule has 0 bridgehead atoms. The van der Waals surface area contributed by atoms with E-state index < -0.39 is 10.9 Å². The van der Waals surface area contributed by atoms with E-state index in [1.165, 1.54) is 23.2 Å². The Hall–Kier alpha value is -3.47. The molecule has 0 aliphatic rings. The van der Waals surface area contributed by atoms with Gasteiger partial charge in [-0.2, -0.15) is 0 Å². The summed E-state index contributed by atoms with van der Waals surface area (Å²) in [7, 11) is 0. The number of nitrogens with two attached hydrogens (primary N) is 1. The third kappa shape index (κ3) is 6.60. The van der Waals surface area contributed by atoms with E-state index in [-0.39, 0.29) is 42.5 Å². The van der Waals surface area contributed by atoms with E-state index in [0.29, 0.717) is 45.2 Å². The largest absolute Gasteiger partial charge is 0.455 e. The summed E-state index contributed by atoms with van der Waals surface area (Å²) in [6.07, 6.45) is 2.15. The molecule has 8 nitrogen and oxygen atoms in total. The van der Waals surface area contributed by atoms with Gasteiger partial charge in [-0.3, -0.25) is 9.59 Å². The van der Waals surface area contributed by atoms with Crippen molar-refractivity contribution in [1.29, 1.82) is 0 Å². The molecular formula is C25H24ClFN4O4S. The molecule has 3 N–H and O–H groups in total. The lowest BCUT2D eigenvalue weighted by atomic mass is 10.2. The number of amides is 1. The number of para-hydroxylation sites is 1. The summed E-state index contributed by atoms with van der Waals surface area (Å²) in [6.45, 7) is 3.06. The first kappa shape index (κ1) is 27.1. The minimum atomic E-state index is -0.783. The Kier molecular flexibility index (Phi) is 9.40. The number of halogens is 2. The average molecular weight is 531 g/mol. The standard InChI is InChI=1S/C25H24ClFN4O4S/c1-15(31(14-33)13-17-12-29-16(2)30-24(17)28)22(10-11-32)36-25(34)23-19(27)7-5-9-21(23)35-20-8-4-3-6-18(20)26/h3-9,12,14,32H,10-11,13H2,1-2H3,(H2,28,29,30)/b22-15-. The maximum absolute atomic E-state index is 14.8. The van der Waals surface area contributed by atoms with Gasteiger partial charge >= 0.3 is 0 Å². The van der Waals surface area contributed by atoms with Crippen LogP contribution in [0.1, 0.15) is 35.1 Å².